The van der Waals surface area contributed by atoms with E-state index in [2.05, 4.69) is 25.2 Å². The van der Waals surface area contributed by atoms with Crippen LogP contribution >= 0.6 is 0 Å². The Hall–Kier alpha value is -2.06. The predicted octanol–water partition coefficient (Wildman–Crippen LogP) is 0.782. The lowest BCUT2D eigenvalue weighted by Gasteiger charge is -2.08. The summed E-state index contributed by atoms with van der Waals surface area (Å²) in [6, 6.07) is 6.70. The van der Waals surface area contributed by atoms with E-state index >= 15 is 0 Å². The fourth-order valence-electron chi connectivity index (χ4n) is 1.57. The molecule has 7 nitrogen and oxygen atoms in total. The van der Waals surface area contributed by atoms with Crippen molar-refractivity contribution in [3.63, 3.8) is 0 Å². The Bertz CT molecular complexity index is 661. The molecule has 0 atom stereocenters. The minimum absolute atomic E-state index is 0.0513. The van der Waals surface area contributed by atoms with Crippen molar-refractivity contribution in [1.82, 2.24) is 20.5 Å². The molecule has 0 saturated heterocycles. The van der Waals surface area contributed by atoms with Gasteiger partial charge in [-0.2, -0.15) is 5.10 Å². The van der Waals surface area contributed by atoms with Crippen molar-refractivity contribution in [2.45, 2.75) is 18.4 Å². The summed E-state index contributed by atoms with van der Waals surface area (Å²) in [5, 5.41) is 10.3. The molecular weight excluding hydrogens is 278 g/mol. The maximum atomic E-state index is 12.2. The van der Waals surface area contributed by atoms with Gasteiger partial charge in [0.1, 0.15) is 0 Å². The van der Waals surface area contributed by atoms with Crippen LogP contribution in [0.15, 0.2) is 41.6 Å². The molecule has 0 aliphatic rings. The minimum Gasteiger partial charge on any atom is -0.313 e. The summed E-state index contributed by atoms with van der Waals surface area (Å²) in [7, 11) is -3.70. The number of benzene rings is 1. The maximum absolute atomic E-state index is 12.2. The molecule has 2 aromatic rings. The van der Waals surface area contributed by atoms with Gasteiger partial charge in [0.05, 0.1) is 17.3 Å². The molecule has 0 saturated carbocycles. The molecule has 0 aliphatic carbocycles. The molecule has 0 spiro atoms. The molecule has 2 N–H and O–H groups in total. The summed E-state index contributed by atoms with van der Waals surface area (Å²) in [4.78, 5) is 3.95. The zero-order valence-corrected chi connectivity index (χ0v) is 11.8. The smallest absolute Gasteiger partial charge is 0.264 e. The van der Waals surface area contributed by atoms with Gasteiger partial charge in [0.25, 0.3) is 16.0 Å². The normalized spacial score (nSPS) is 11.2. The lowest BCUT2D eigenvalue weighted by Crippen LogP contribution is -2.16. The van der Waals surface area contributed by atoms with Crippen LogP contribution in [0.5, 0.6) is 0 Å². The lowest BCUT2D eigenvalue weighted by atomic mass is 10.2. The Morgan fingerprint density at radius 1 is 1.25 bits per heavy atom. The molecule has 8 heteroatoms. The number of aromatic nitrogens is 3. The second kappa shape index (κ2) is 6.40. The van der Waals surface area contributed by atoms with Crippen LogP contribution in [0.2, 0.25) is 0 Å². The maximum Gasteiger partial charge on any atom is 0.264 e. The third kappa shape index (κ3) is 3.72. The average molecular weight is 293 g/mol. The Kier molecular flexibility index (Phi) is 4.59. The van der Waals surface area contributed by atoms with E-state index in [1.165, 1.54) is 18.5 Å². The van der Waals surface area contributed by atoms with Gasteiger partial charge >= 0.3 is 0 Å². The summed E-state index contributed by atoms with van der Waals surface area (Å²) >= 11 is 0. The third-order valence-corrected chi connectivity index (χ3v) is 3.82. The van der Waals surface area contributed by atoms with Crippen LogP contribution in [0, 0.1) is 0 Å². The highest BCUT2D eigenvalue weighted by Crippen LogP contribution is 2.14. The zero-order valence-electron chi connectivity index (χ0n) is 10.9. The Labute approximate surface area is 117 Å². The number of hydrogen-bond acceptors (Lipinski definition) is 6. The molecule has 1 aromatic heterocycles. The highest BCUT2D eigenvalue weighted by atomic mass is 32.2. The van der Waals surface area contributed by atoms with Gasteiger partial charge in [-0.3, -0.25) is 0 Å². The van der Waals surface area contributed by atoms with E-state index in [-0.39, 0.29) is 10.8 Å². The fourth-order valence-corrected chi connectivity index (χ4v) is 2.58. The lowest BCUT2D eigenvalue weighted by molar-refractivity contribution is 0.600. The van der Waals surface area contributed by atoms with Crippen molar-refractivity contribution >= 4 is 16.0 Å². The Balaban J connectivity index is 2.21. The van der Waals surface area contributed by atoms with Gasteiger partial charge in [-0.15, -0.1) is 5.10 Å². The fraction of sp³-hybridized carbons (Fsp3) is 0.250. The molecule has 1 aromatic carbocycles. The molecule has 0 amide bonds. The molecule has 20 heavy (non-hydrogen) atoms. The number of sulfonamides is 1. The first-order valence-electron chi connectivity index (χ1n) is 6.08. The van der Waals surface area contributed by atoms with Crippen LogP contribution in [-0.2, 0) is 16.6 Å². The molecular formula is C12H15N5O2S. The number of hydrogen-bond donors (Lipinski definition) is 2. The summed E-state index contributed by atoms with van der Waals surface area (Å²) < 4.78 is 26.7. The van der Waals surface area contributed by atoms with Gasteiger partial charge in [0.2, 0.25) is 0 Å². The minimum atomic E-state index is -3.70. The number of anilines is 1. The van der Waals surface area contributed by atoms with Crippen LogP contribution < -0.4 is 10.0 Å². The number of nitrogens with one attached hydrogen (secondary N) is 2. The van der Waals surface area contributed by atoms with Crippen molar-refractivity contribution in [3.8, 4) is 0 Å². The van der Waals surface area contributed by atoms with Crippen LogP contribution in [0.1, 0.15) is 12.5 Å². The molecule has 0 unspecified atom stereocenters. The predicted molar refractivity (Wildman–Crippen MR) is 74.5 cm³/mol. The first-order valence-corrected chi connectivity index (χ1v) is 7.56. The first-order chi connectivity index (χ1) is 9.62. The van der Waals surface area contributed by atoms with Gasteiger partial charge in [0.15, 0.2) is 0 Å². The van der Waals surface area contributed by atoms with E-state index < -0.39 is 10.0 Å². The van der Waals surface area contributed by atoms with Crippen LogP contribution in [-0.4, -0.2) is 30.1 Å². The van der Waals surface area contributed by atoms with Crippen molar-refractivity contribution in [2.24, 2.45) is 0 Å². The van der Waals surface area contributed by atoms with Crippen molar-refractivity contribution in [2.75, 3.05) is 11.3 Å². The van der Waals surface area contributed by atoms with Crippen LogP contribution in [0.25, 0.3) is 0 Å². The summed E-state index contributed by atoms with van der Waals surface area (Å²) in [6.07, 6.45) is 2.74. The summed E-state index contributed by atoms with van der Waals surface area (Å²) in [5.74, 6) is -0.0513. The van der Waals surface area contributed by atoms with E-state index in [0.717, 1.165) is 12.1 Å². The monoisotopic (exact) mass is 293 g/mol. The van der Waals surface area contributed by atoms with Gasteiger partial charge in [-0.25, -0.2) is 18.1 Å². The molecule has 0 fully saturated rings. The highest BCUT2D eigenvalue weighted by molar-refractivity contribution is 7.92. The molecule has 106 valence electrons. The molecule has 0 radical (unpaired) electrons. The second-order valence-electron chi connectivity index (χ2n) is 4.00. The van der Waals surface area contributed by atoms with Gasteiger partial charge in [-0.05, 0) is 24.2 Å². The topological polar surface area (TPSA) is 96.9 Å². The average Bonchev–Trinajstić information content (AvgIpc) is 2.46. The standard InChI is InChI=1S/C12H15N5O2S/c1-2-13-9-10-4-3-5-11(8-10)20(18,19)17-12-14-6-7-15-16-12/h3-8,13H,2,9H2,1H3,(H,14,16,17). The number of rotatable bonds is 6. The van der Waals surface area contributed by atoms with Gasteiger partial charge < -0.3 is 5.32 Å². The van der Waals surface area contributed by atoms with Crippen molar-refractivity contribution in [3.05, 3.63) is 42.2 Å². The van der Waals surface area contributed by atoms with Gasteiger partial charge in [-0.1, -0.05) is 19.1 Å². The number of nitrogens with zero attached hydrogens (tertiary/aromatic N) is 3. The highest BCUT2D eigenvalue weighted by Gasteiger charge is 2.15. The molecule has 1 heterocycles. The van der Waals surface area contributed by atoms with Crippen LogP contribution in [0.3, 0.4) is 0 Å². The molecule has 0 bridgehead atoms. The van der Waals surface area contributed by atoms with E-state index in [1.807, 2.05) is 13.0 Å². The zero-order chi connectivity index (χ0) is 14.4. The van der Waals surface area contributed by atoms with E-state index in [4.69, 9.17) is 0 Å². The Morgan fingerprint density at radius 2 is 2.10 bits per heavy atom. The largest absolute Gasteiger partial charge is 0.313 e. The SMILES string of the molecule is CCNCc1cccc(S(=O)(=O)Nc2nccnn2)c1. The van der Waals surface area contributed by atoms with Crippen molar-refractivity contribution in [1.29, 1.82) is 0 Å². The first kappa shape index (κ1) is 14.4. The summed E-state index contributed by atoms with van der Waals surface area (Å²) in [6.45, 7) is 3.42. The molecule has 0 aliphatic heterocycles. The summed E-state index contributed by atoms with van der Waals surface area (Å²) in [5.41, 5.74) is 0.891. The van der Waals surface area contributed by atoms with E-state index in [9.17, 15) is 8.42 Å². The third-order valence-electron chi connectivity index (χ3n) is 2.50. The van der Waals surface area contributed by atoms with Crippen molar-refractivity contribution < 1.29 is 8.42 Å². The van der Waals surface area contributed by atoms with Gasteiger partial charge in [0, 0.05) is 6.54 Å². The van der Waals surface area contributed by atoms with Crippen LogP contribution in [0.4, 0.5) is 5.95 Å². The second-order valence-corrected chi connectivity index (χ2v) is 5.68. The molecule has 2 rings (SSSR count). The van der Waals surface area contributed by atoms with E-state index in [0.29, 0.717) is 6.54 Å². The quantitative estimate of drug-likeness (QED) is 0.817. The van der Waals surface area contributed by atoms with E-state index in [1.54, 1.807) is 12.1 Å². The Morgan fingerprint density at radius 3 is 2.80 bits per heavy atom.